The molecule has 0 spiro atoms. The van der Waals surface area contributed by atoms with Crippen molar-refractivity contribution in [1.82, 2.24) is 24.8 Å². The van der Waals surface area contributed by atoms with Gasteiger partial charge in [-0.2, -0.15) is 0 Å². The van der Waals surface area contributed by atoms with Gasteiger partial charge in [-0.3, -0.25) is 4.90 Å². The Morgan fingerprint density at radius 3 is 2.87 bits per heavy atom. The Balaban J connectivity index is 1.40. The number of nitrogens with one attached hydrogen (secondary N) is 2. The van der Waals surface area contributed by atoms with Crippen LogP contribution in [0.15, 0.2) is 30.6 Å². The number of hydrogen-bond donors (Lipinski definition) is 2. The van der Waals surface area contributed by atoms with Gasteiger partial charge in [0.15, 0.2) is 0 Å². The molecule has 3 heterocycles. The van der Waals surface area contributed by atoms with E-state index in [2.05, 4.69) is 25.2 Å². The van der Waals surface area contributed by atoms with Crippen molar-refractivity contribution in [1.29, 1.82) is 0 Å². The van der Waals surface area contributed by atoms with Crippen LogP contribution >= 0.6 is 0 Å². The van der Waals surface area contributed by atoms with E-state index < -0.39 is 0 Å². The fourth-order valence-electron chi connectivity index (χ4n) is 4.47. The van der Waals surface area contributed by atoms with Gasteiger partial charge in [0.2, 0.25) is 5.95 Å². The van der Waals surface area contributed by atoms with Crippen molar-refractivity contribution in [2.24, 2.45) is 0 Å². The molecule has 3 aromatic rings. The summed E-state index contributed by atoms with van der Waals surface area (Å²) in [5.74, 6) is 2.14. The van der Waals surface area contributed by atoms with Crippen molar-refractivity contribution in [2.45, 2.75) is 32.2 Å². The zero-order valence-corrected chi connectivity index (χ0v) is 18.0. The fourth-order valence-corrected chi connectivity index (χ4v) is 4.47. The standard InChI is InChI=1S/C23H28N6O2/c1-15-13-24-22(26-15)18-7-6-17(12-20(18)30-2)27-23-25-14-16-4-3-5-19(21(16)28-23)29-8-10-31-11-9-29/h6-7,12-14,19H,3-5,8-11H2,1-2H3,(H,24,26)(H,25,27,28). The van der Waals surface area contributed by atoms with Gasteiger partial charge in [-0.25, -0.2) is 15.0 Å². The van der Waals surface area contributed by atoms with Gasteiger partial charge in [-0.1, -0.05) is 0 Å². The Hall–Kier alpha value is -2.97. The van der Waals surface area contributed by atoms with Crippen LogP contribution in [-0.4, -0.2) is 58.2 Å². The number of fused-ring (bicyclic) bond motifs is 1. The largest absolute Gasteiger partial charge is 0.496 e. The molecule has 162 valence electrons. The summed E-state index contributed by atoms with van der Waals surface area (Å²) in [5.41, 5.74) is 5.15. The van der Waals surface area contributed by atoms with Crippen LogP contribution in [0.2, 0.25) is 0 Å². The molecule has 2 N–H and O–H groups in total. The van der Waals surface area contributed by atoms with Crippen LogP contribution in [0.25, 0.3) is 11.4 Å². The third kappa shape index (κ3) is 4.13. The number of benzene rings is 1. The molecule has 0 bridgehead atoms. The van der Waals surface area contributed by atoms with Gasteiger partial charge in [0, 0.05) is 37.2 Å². The van der Waals surface area contributed by atoms with Gasteiger partial charge in [-0.05, 0) is 43.9 Å². The van der Waals surface area contributed by atoms with Gasteiger partial charge in [0.05, 0.1) is 43.3 Å². The summed E-state index contributed by atoms with van der Waals surface area (Å²) in [7, 11) is 1.67. The molecule has 1 fully saturated rings. The number of hydrogen-bond acceptors (Lipinski definition) is 7. The SMILES string of the molecule is COc1cc(Nc2ncc3c(n2)C(N2CCOCC2)CCC3)ccc1-c1nc(C)c[nH]1. The second kappa shape index (κ2) is 8.64. The molecule has 1 saturated heterocycles. The Morgan fingerprint density at radius 2 is 2.10 bits per heavy atom. The lowest BCUT2D eigenvalue weighted by molar-refractivity contribution is 0.0114. The van der Waals surface area contributed by atoms with E-state index >= 15 is 0 Å². The molecule has 0 radical (unpaired) electrons. The maximum absolute atomic E-state index is 5.61. The number of morpholine rings is 1. The molecule has 1 atom stereocenters. The molecule has 31 heavy (non-hydrogen) atoms. The third-order valence-electron chi connectivity index (χ3n) is 6.04. The van der Waals surface area contributed by atoms with E-state index in [9.17, 15) is 0 Å². The lowest BCUT2D eigenvalue weighted by atomic mass is 9.91. The minimum absolute atomic E-state index is 0.343. The van der Waals surface area contributed by atoms with Crippen molar-refractivity contribution in [3.63, 3.8) is 0 Å². The first-order chi connectivity index (χ1) is 15.2. The van der Waals surface area contributed by atoms with Crippen LogP contribution in [0.3, 0.4) is 0 Å². The molecule has 5 rings (SSSR count). The third-order valence-corrected chi connectivity index (χ3v) is 6.04. The maximum atomic E-state index is 5.61. The average Bonchev–Trinajstić information content (AvgIpc) is 3.25. The summed E-state index contributed by atoms with van der Waals surface area (Å²) < 4.78 is 11.2. The summed E-state index contributed by atoms with van der Waals surface area (Å²) in [6.07, 6.45) is 7.22. The van der Waals surface area contributed by atoms with Crippen molar-refractivity contribution < 1.29 is 9.47 Å². The Bertz CT molecular complexity index is 1060. The summed E-state index contributed by atoms with van der Waals surface area (Å²) in [6.45, 7) is 5.47. The molecular weight excluding hydrogens is 392 g/mol. The van der Waals surface area contributed by atoms with Crippen LogP contribution in [0, 0.1) is 6.92 Å². The number of aromatic amines is 1. The maximum Gasteiger partial charge on any atom is 0.227 e. The molecule has 1 unspecified atom stereocenters. The zero-order chi connectivity index (χ0) is 21.2. The smallest absolute Gasteiger partial charge is 0.227 e. The van der Waals surface area contributed by atoms with E-state index in [0.717, 1.165) is 73.4 Å². The van der Waals surface area contributed by atoms with Crippen LogP contribution in [0.1, 0.15) is 35.8 Å². The molecule has 2 aromatic heterocycles. The van der Waals surface area contributed by atoms with Gasteiger partial charge < -0.3 is 19.8 Å². The molecule has 0 amide bonds. The fraction of sp³-hybridized carbons (Fsp3) is 0.435. The van der Waals surface area contributed by atoms with Crippen molar-refractivity contribution in [3.05, 3.63) is 47.5 Å². The topological polar surface area (TPSA) is 88.2 Å². The van der Waals surface area contributed by atoms with Crippen LogP contribution < -0.4 is 10.1 Å². The molecule has 8 heteroatoms. The Morgan fingerprint density at radius 1 is 1.23 bits per heavy atom. The number of imidazole rings is 1. The van der Waals surface area contributed by atoms with Crippen LogP contribution in [0.4, 0.5) is 11.6 Å². The van der Waals surface area contributed by atoms with E-state index in [1.54, 1.807) is 7.11 Å². The second-order valence-electron chi connectivity index (χ2n) is 8.09. The minimum atomic E-state index is 0.343. The highest BCUT2D eigenvalue weighted by molar-refractivity contribution is 5.70. The number of H-pyrrole nitrogens is 1. The number of rotatable bonds is 5. The predicted molar refractivity (Wildman–Crippen MR) is 119 cm³/mol. The Kier molecular flexibility index (Phi) is 5.57. The molecule has 1 aromatic carbocycles. The van der Waals surface area contributed by atoms with Crippen LogP contribution in [0.5, 0.6) is 5.75 Å². The predicted octanol–water partition coefficient (Wildman–Crippen LogP) is 3.64. The normalized spacial score (nSPS) is 19.1. The summed E-state index contributed by atoms with van der Waals surface area (Å²) in [6, 6.07) is 6.29. The first-order valence-electron chi connectivity index (χ1n) is 10.9. The molecule has 0 saturated carbocycles. The highest BCUT2D eigenvalue weighted by Crippen LogP contribution is 2.35. The first-order valence-corrected chi connectivity index (χ1v) is 10.9. The van der Waals surface area contributed by atoms with Gasteiger partial charge in [-0.15, -0.1) is 0 Å². The van der Waals surface area contributed by atoms with Crippen LogP contribution in [-0.2, 0) is 11.2 Å². The zero-order valence-electron chi connectivity index (χ0n) is 18.0. The summed E-state index contributed by atoms with van der Waals surface area (Å²) >= 11 is 0. The van der Waals surface area contributed by atoms with E-state index in [1.165, 1.54) is 12.0 Å². The molecule has 2 aliphatic rings. The van der Waals surface area contributed by atoms with E-state index in [1.807, 2.05) is 37.5 Å². The molecule has 1 aliphatic heterocycles. The number of aromatic nitrogens is 4. The van der Waals surface area contributed by atoms with Crippen molar-refractivity contribution in [2.75, 3.05) is 38.7 Å². The number of aryl methyl sites for hydroxylation is 2. The van der Waals surface area contributed by atoms with Crippen molar-refractivity contribution >= 4 is 11.6 Å². The van der Waals surface area contributed by atoms with Gasteiger partial charge in [0.25, 0.3) is 0 Å². The van der Waals surface area contributed by atoms with Gasteiger partial charge in [0.1, 0.15) is 11.6 Å². The van der Waals surface area contributed by atoms with E-state index in [0.29, 0.717) is 12.0 Å². The lowest BCUT2D eigenvalue weighted by Crippen LogP contribution is -2.40. The minimum Gasteiger partial charge on any atom is -0.496 e. The van der Waals surface area contributed by atoms with E-state index in [4.69, 9.17) is 14.5 Å². The van der Waals surface area contributed by atoms with Gasteiger partial charge >= 0.3 is 0 Å². The summed E-state index contributed by atoms with van der Waals surface area (Å²) in [4.78, 5) is 19.7. The summed E-state index contributed by atoms with van der Waals surface area (Å²) in [5, 5.41) is 3.36. The number of nitrogens with zero attached hydrogens (tertiary/aromatic N) is 4. The lowest BCUT2D eigenvalue weighted by Gasteiger charge is -2.37. The second-order valence-corrected chi connectivity index (χ2v) is 8.09. The van der Waals surface area contributed by atoms with Crippen molar-refractivity contribution in [3.8, 4) is 17.1 Å². The Labute approximate surface area is 182 Å². The molecule has 1 aliphatic carbocycles. The molecule has 8 nitrogen and oxygen atoms in total. The number of ether oxygens (including phenoxy) is 2. The number of methoxy groups -OCH3 is 1. The highest BCUT2D eigenvalue weighted by Gasteiger charge is 2.29. The molecular formula is C23H28N6O2. The monoisotopic (exact) mass is 420 g/mol. The van der Waals surface area contributed by atoms with E-state index in [-0.39, 0.29) is 0 Å². The first kappa shape index (κ1) is 20.0. The quantitative estimate of drug-likeness (QED) is 0.651. The highest BCUT2D eigenvalue weighted by atomic mass is 16.5. The average molecular weight is 421 g/mol. The number of anilines is 2.